The number of rotatable bonds is 6. The number of nitrogens with one attached hydrogen (secondary N) is 2. The minimum absolute atomic E-state index is 0.228. The number of sulfonamides is 1. The predicted octanol–water partition coefficient (Wildman–Crippen LogP) is 2.61. The molecular formula is C18H20N4O2S. The number of aryl methyl sites for hydroxylation is 1. The van der Waals surface area contributed by atoms with Gasteiger partial charge in [0.2, 0.25) is 0 Å². The highest BCUT2D eigenvalue weighted by Gasteiger charge is 2.17. The molecule has 0 atom stereocenters. The third-order valence-corrected chi connectivity index (χ3v) is 5.16. The predicted molar refractivity (Wildman–Crippen MR) is 98.7 cm³/mol. The minimum atomic E-state index is -3.67. The van der Waals surface area contributed by atoms with Crippen LogP contribution in [0.5, 0.6) is 0 Å². The van der Waals surface area contributed by atoms with Gasteiger partial charge in [0, 0.05) is 30.9 Å². The molecule has 2 N–H and O–H groups in total. The Labute approximate surface area is 147 Å². The summed E-state index contributed by atoms with van der Waals surface area (Å²) in [4.78, 5) is 0.228. The van der Waals surface area contributed by atoms with E-state index in [4.69, 9.17) is 0 Å². The summed E-state index contributed by atoms with van der Waals surface area (Å²) < 4.78 is 29.8. The van der Waals surface area contributed by atoms with Gasteiger partial charge in [0.25, 0.3) is 10.0 Å². The van der Waals surface area contributed by atoms with Crippen molar-refractivity contribution in [3.63, 3.8) is 0 Å². The van der Waals surface area contributed by atoms with Gasteiger partial charge in [-0.1, -0.05) is 30.3 Å². The van der Waals surface area contributed by atoms with Crippen LogP contribution >= 0.6 is 0 Å². The summed E-state index contributed by atoms with van der Waals surface area (Å²) in [5.41, 5.74) is 3.15. The Bertz CT molecular complexity index is 966. The van der Waals surface area contributed by atoms with E-state index in [2.05, 4.69) is 15.1 Å². The van der Waals surface area contributed by atoms with Gasteiger partial charge in [0.05, 0.1) is 16.8 Å². The van der Waals surface area contributed by atoms with Crippen LogP contribution in [0, 0.1) is 0 Å². The van der Waals surface area contributed by atoms with E-state index in [1.54, 1.807) is 41.2 Å². The number of nitrogens with zero attached hydrogens (tertiary/aromatic N) is 2. The van der Waals surface area contributed by atoms with Gasteiger partial charge in [-0.2, -0.15) is 5.10 Å². The smallest absolute Gasteiger partial charge is 0.261 e. The van der Waals surface area contributed by atoms with Crippen LogP contribution in [0.25, 0.3) is 11.1 Å². The Morgan fingerprint density at radius 1 is 1.12 bits per heavy atom. The van der Waals surface area contributed by atoms with Crippen LogP contribution < -0.4 is 10.0 Å². The van der Waals surface area contributed by atoms with Crippen molar-refractivity contribution in [3.8, 4) is 11.1 Å². The molecule has 0 spiro atoms. The summed E-state index contributed by atoms with van der Waals surface area (Å²) in [6.45, 7) is 0.646. The Hall–Kier alpha value is -2.64. The summed E-state index contributed by atoms with van der Waals surface area (Å²) in [6.07, 6.45) is 3.57. The van der Waals surface area contributed by atoms with Crippen molar-refractivity contribution in [2.75, 3.05) is 11.8 Å². The fourth-order valence-corrected chi connectivity index (χ4v) is 3.70. The molecule has 0 amide bonds. The second kappa shape index (κ2) is 7.08. The van der Waals surface area contributed by atoms with E-state index in [-0.39, 0.29) is 4.90 Å². The lowest BCUT2D eigenvalue weighted by Gasteiger charge is -2.14. The van der Waals surface area contributed by atoms with E-state index in [0.29, 0.717) is 12.2 Å². The average Bonchev–Trinajstić information content (AvgIpc) is 3.02. The molecule has 0 saturated carbocycles. The largest absolute Gasteiger partial charge is 0.316 e. The van der Waals surface area contributed by atoms with Gasteiger partial charge >= 0.3 is 0 Å². The highest BCUT2D eigenvalue weighted by atomic mass is 32.2. The number of anilines is 1. The monoisotopic (exact) mass is 356 g/mol. The molecule has 7 heteroatoms. The van der Waals surface area contributed by atoms with Crippen LogP contribution in [0.3, 0.4) is 0 Å². The van der Waals surface area contributed by atoms with Crippen LogP contribution in [-0.2, 0) is 23.6 Å². The van der Waals surface area contributed by atoms with E-state index in [1.807, 2.05) is 38.5 Å². The van der Waals surface area contributed by atoms with Crippen LogP contribution in [0.15, 0.2) is 65.8 Å². The third kappa shape index (κ3) is 3.89. The molecule has 0 saturated heterocycles. The SMILES string of the molecule is CNCc1ccc(-c2cnn(C)c2)c(NS(=O)(=O)c2ccccc2)c1. The summed E-state index contributed by atoms with van der Waals surface area (Å²) in [7, 11) is 0.00977. The number of benzene rings is 2. The first-order valence-electron chi connectivity index (χ1n) is 7.84. The van der Waals surface area contributed by atoms with E-state index >= 15 is 0 Å². The topological polar surface area (TPSA) is 76.0 Å². The van der Waals surface area contributed by atoms with Crippen molar-refractivity contribution in [2.24, 2.45) is 7.05 Å². The van der Waals surface area contributed by atoms with Crippen molar-refractivity contribution in [3.05, 3.63) is 66.5 Å². The van der Waals surface area contributed by atoms with Gasteiger partial charge in [-0.15, -0.1) is 0 Å². The second-order valence-electron chi connectivity index (χ2n) is 5.73. The van der Waals surface area contributed by atoms with Gasteiger partial charge in [0.1, 0.15) is 0 Å². The van der Waals surface area contributed by atoms with Gasteiger partial charge in [-0.25, -0.2) is 8.42 Å². The molecule has 0 bridgehead atoms. The number of hydrogen-bond acceptors (Lipinski definition) is 4. The van der Waals surface area contributed by atoms with Gasteiger partial charge in [-0.05, 0) is 30.8 Å². The molecule has 0 aliphatic rings. The van der Waals surface area contributed by atoms with Crippen LogP contribution in [-0.4, -0.2) is 25.2 Å². The zero-order valence-corrected chi connectivity index (χ0v) is 14.9. The molecule has 0 fully saturated rings. The van der Waals surface area contributed by atoms with Crippen LogP contribution in [0.2, 0.25) is 0 Å². The quantitative estimate of drug-likeness (QED) is 0.712. The molecule has 25 heavy (non-hydrogen) atoms. The van der Waals surface area contributed by atoms with E-state index < -0.39 is 10.0 Å². The molecule has 1 heterocycles. The Morgan fingerprint density at radius 2 is 1.88 bits per heavy atom. The molecule has 0 aliphatic heterocycles. The summed E-state index contributed by atoms with van der Waals surface area (Å²) in [6, 6.07) is 14.1. The average molecular weight is 356 g/mol. The maximum absolute atomic E-state index is 12.7. The first kappa shape index (κ1) is 17.2. The first-order chi connectivity index (χ1) is 12.0. The van der Waals surface area contributed by atoms with Gasteiger partial charge in [-0.3, -0.25) is 9.40 Å². The van der Waals surface area contributed by atoms with E-state index in [1.165, 1.54) is 0 Å². The summed E-state index contributed by atoms with van der Waals surface area (Å²) in [5, 5.41) is 7.25. The van der Waals surface area contributed by atoms with Gasteiger partial charge < -0.3 is 5.32 Å². The first-order valence-corrected chi connectivity index (χ1v) is 9.32. The van der Waals surface area contributed by atoms with Gasteiger partial charge in [0.15, 0.2) is 0 Å². The van der Waals surface area contributed by atoms with Crippen molar-refractivity contribution in [1.82, 2.24) is 15.1 Å². The van der Waals surface area contributed by atoms with Crippen molar-refractivity contribution < 1.29 is 8.42 Å². The molecule has 3 aromatic rings. The lowest BCUT2D eigenvalue weighted by Crippen LogP contribution is -2.14. The molecule has 130 valence electrons. The maximum atomic E-state index is 12.7. The standard InChI is InChI=1S/C18H20N4O2S/c1-19-11-14-8-9-17(15-12-20-22(2)13-15)18(10-14)21-25(23,24)16-6-4-3-5-7-16/h3-10,12-13,19,21H,11H2,1-2H3. The number of hydrogen-bond donors (Lipinski definition) is 2. The van der Waals surface area contributed by atoms with Crippen LogP contribution in [0.4, 0.5) is 5.69 Å². The highest BCUT2D eigenvalue weighted by Crippen LogP contribution is 2.30. The summed E-state index contributed by atoms with van der Waals surface area (Å²) in [5.74, 6) is 0. The molecule has 0 radical (unpaired) electrons. The zero-order valence-electron chi connectivity index (χ0n) is 14.1. The fourth-order valence-electron chi connectivity index (χ4n) is 2.61. The van der Waals surface area contributed by atoms with Crippen molar-refractivity contribution >= 4 is 15.7 Å². The van der Waals surface area contributed by atoms with Crippen molar-refractivity contribution in [1.29, 1.82) is 0 Å². The molecule has 2 aromatic carbocycles. The lowest BCUT2D eigenvalue weighted by atomic mass is 10.0. The maximum Gasteiger partial charge on any atom is 0.261 e. The third-order valence-electron chi connectivity index (χ3n) is 3.78. The molecular weight excluding hydrogens is 336 g/mol. The minimum Gasteiger partial charge on any atom is -0.316 e. The van der Waals surface area contributed by atoms with Crippen LogP contribution in [0.1, 0.15) is 5.56 Å². The fraction of sp³-hybridized carbons (Fsp3) is 0.167. The zero-order chi connectivity index (χ0) is 17.9. The normalized spacial score (nSPS) is 11.4. The van der Waals surface area contributed by atoms with Crippen molar-refractivity contribution in [2.45, 2.75) is 11.4 Å². The van der Waals surface area contributed by atoms with E-state index in [0.717, 1.165) is 16.7 Å². The second-order valence-corrected chi connectivity index (χ2v) is 7.41. The Balaban J connectivity index is 2.05. The molecule has 1 aromatic heterocycles. The Morgan fingerprint density at radius 3 is 2.52 bits per heavy atom. The molecule has 3 rings (SSSR count). The molecule has 0 aliphatic carbocycles. The summed E-state index contributed by atoms with van der Waals surface area (Å²) >= 11 is 0. The lowest BCUT2D eigenvalue weighted by molar-refractivity contribution is 0.601. The van der Waals surface area contributed by atoms with E-state index in [9.17, 15) is 8.42 Å². The molecule has 0 unspecified atom stereocenters. The molecule has 6 nitrogen and oxygen atoms in total. The number of aromatic nitrogens is 2. The highest BCUT2D eigenvalue weighted by molar-refractivity contribution is 7.92. The Kier molecular flexibility index (Phi) is 4.87.